The summed E-state index contributed by atoms with van der Waals surface area (Å²) in [5, 5.41) is 7.65. The van der Waals surface area contributed by atoms with Gasteiger partial charge in [0.2, 0.25) is 11.9 Å². The van der Waals surface area contributed by atoms with E-state index < -0.39 is 0 Å². The summed E-state index contributed by atoms with van der Waals surface area (Å²) < 4.78 is 21.9. The van der Waals surface area contributed by atoms with Crippen LogP contribution in [0.2, 0.25) is 0 Å². The third kappa shape index (κ3) is 6.15. The number of piperazine rings is 1. The largest absolute Gasteiger partial charge is 0.463 e. The highest BCUT2D eigenvalue weighted by Crippen LogP contribution is 2.23. The minimum atomic E-state index is -0.373. The number of hydrogen-bond acceptors (Lipinski definition) is 10. The number of carbonyl (C=O) groups is 1. The van der Waals surface area contributed by atoms with E-state index in [-0.39, 0.29) is 17.7 Å². The molecule has 5 rings (SSSR count). The number of carbonyl (C=O) groups excluding carboxylic acids is 1. The Balaban J connectivity index is 1.11. The lowest BCUT2D eigenvalue weighted by Gasteiger charge is -2.36. The minimum Gasteiger partial charge on any atom is -0.463 e. The Morgan fingerprint density at radius 3 is 2.60 bits per heavy atom. The summed E-state index contributed by atoms with van der Waals surface area (Å²) in [5.74, 6) is 0.737. The van der Waals surface area contributed by atoms with E-state index in [1.807, 2.05) is 30.0 Å². The van der Waals surface area contributed by atoms with Gasteiger partial charge in [-0.05, 0) is 44.4 Å². The van der Waals surface area contributed by atoms with Crippen molar-refractivity contribution in [2.24, 2.45) is 0 Å². The van der Waals surface area contributed by atoms with Crippen molar-refractivity contribution in [2.75, 3.05) is 89.5 Å². The number of likely N-dealkylation sites (N-methyl/N-ethyl adjacent to an activating group) is 2. The lowest BCUT2D eigenvalue weighted by Crippen LogP contribution is -2.48. The number of anilines is 3. The molecule has 0 aliphatic carbocycles. The monoisotopic (exact) mass is 550 g/mol. The molecule has 0 bridgehead atoms. The lowest BCUT2D eigenvalue weighted by atomic mass is 10.1. The first kappa shape index (κ1) is 27.3. The van der Waals surface area contributed by atoms with E-state index in [1.165, 1.54) is 10.6 Å². The third-order valence-electron chi connectivity index (χ3n) is 6.97. The number of nitrogens with zero attached hydrogens (tertiary/aromatic N) is 8. The second kappa shape index (κ2) is 11.9. The molecule has 1 aromatic carbocycles. The normalized spacial score (nSPS) is 14.3. The SMILES string of the molecule is CN(C)CCN(C)C(=O)c1ccc(N2CCN(CCNc3nc(N)n4nc(-c5ccco5)cc4n3)CC2)c(F)c1. The maximum atomic E-state index is 15.0. The number of hydrogen-bond donors (Lipinski definition) is 2. The van der Waals surface area contributed by atoms with E-state index in [4.69, 9.17) is 10.2 Å². The Morgan fingerprint density at radius 2 is 1.90 bits per heavy atom. The van der Waals surface area contributed by atoms with Gasteiger partial charge in [-0.1, -0.05) is 0 Å². The predicted octanol–water partition coefficient (Wildman–Crippen LogP) is 1.97. The molecule has 13 heteroatoms. The van der Waals surface area contributed by atoms with E-state index in [9.17, 15) is 4.79 Å². The summed E-state index contributed by atoms with van der Waals surface area (Å²) in [6.45, 7) is 5.67. The van der Waals surface area contributed by atoms with Crippen molar-refractivity contribution in [1.82, 2.24) is 34.3 Å². The van der Waals surface area contributed by atoms with Gasteiger partial charge in [0.25, 0.3) is 5.91 Å². The maximum absolute atomic E-state index is 15.0. The smallest absolute Gasteiger partial charge is 0.253 e. The van der Waals surface area contributed by atoms with Crippen LogP contribution in [0.3, 0.4) is 0 Å². The van der Waals surface area contributed by atoms with Crippen molar-refractivity contribution in [2.45, 2.75) is 0 Å². The van der Waals surface area contributed by atoms with Crippen LogP contribution in [0.15, 0.2) is 47.1 Å². The first-order valence-corrected chi connectivity index (χ1v) is 13.3. The molecule has 1 amide bonds. The minimum absolute atomic E-state index is 0.180. The van der Waals surface area contributed by atoms with Gasteiger partial charge in [-0.25, -0.2) is 4.39 Å². The van der Waals surface area contributed by atoms with Crippen LogP contribution in [0, 0.1) is 5.82 Å². The molecule has 3 aromatic heterocycles. The van der Waals surface area contributed by atoms with Crippen LogP contribution in [0.25, 0.3) is 17.1 Å². The molecule has 212 valence electrons. The molecular weight excluding hydrogens is 515 g/mol. The molecule has 12 nitrogen and oxygen atoms in total. The van der Waals surface area contributed by atoms with Crippen molar-refractivity contribution < 1.29 is 13.6 Å². The second-order valence-electron chi connectivity index (χ2n) is 10.1. The molecule has 0 unspecified atom stereocenters. The number of furan rings is 1. The van der Waals surface area contributed by atoms with Gasteiger partial charge in [-0.2, -0.15) is 19.6 Å². The fourth-order valence-electron chi connectivity index (χ4n) is 4.64. The van der Waals surface area contributed by atoms with E-state index >= 15 is 4.39 Å². The van der Waals surface area contributed by atoms with Gasteiger partial charge in [0.15, 0.2) is 11.4 Å². The lowest BCUT2D eigenvalue weighted by molar-refractivity contribution is 0.0786. The highest BCUT2D eigenvalue weighted by Gasteiger charge is 2.21. The zero-order chi connectivity index (χ0) is 28.2. The molecule has 1 aliphatic heterocycles. The van der Waals surface area contributed by atoms with Gasteiger partial charge in [0.05, 0.1) is 12.0 Å². The highest BCUT2D eigenvalue weighted by molar-refractivity contribution is 5.94. The summed E-state index contributed by atoms with van der Waals surface area (Å²) in [4.78, 5) is 29.4. The van der Waals surface area contributed by atoms with Crippen LogP contribution in [0.4, 0.5) is 22.0 Å². The summed E-state index contributed by atoms with van der Waals surface area (Å²) in [6, 6.07) is 10.2. The average molecular weight is 551 g/mol. The van der Waals surface area contributed by atoms with Crippen LogP contribution in [-0.4, -0.2) is 114 Å². The first-order chi connectivity index (χ1) is 19.3. The molecule has 40 heavy (non-hydrogen) atoms. The predicted molar refractivity (Wildman–Crippen MR) is 152 cm³/mol. The van der Waals surface area contributed by atoms with Crippen molar-refractivity contribution in [3.05, 3.63) is 54.0 Å². The van der Waals surface area contributed by atoms with Crippen LogP contribution >= 0.6 is 0 Å². The van der Waals surface area contributed by atoms with Gasteiger partial charge in [-0.15, -0.1) is 0 Å². The molecule has 1 fully saturated rings. The topological polar surface area (TPSA) is 124 Å². The molecular formula is C27H35FN10O2. The fourth-order valence-corrected chi connectivity index (χ4v) is 4.64. The summed E-state index contributed by atoms with van der Waals surface area (Å²) >= 11 is 0. The molecule has 1 saturated heterocycles. The van der Waals surface area contributed by atoms with Crippen LogP contribution in [0.5, 0.6) is 0 Å². The van der Waals surface area contributed by atoms with E-state index in [2.05, 4.69) is 25.3 Å². The van der Waals surface area contributed by atoms with E-state index in [1.54, 1.807) is 42.5 Å². The fraction of sp³-hybridized carbons (Fsp3) is 0.407. The molecule has 3 N–H and O–H groups in total. The van der Waals surface area contributed by atoms with Gasteiger partial charge < -0.3 is 30.2 Å². The standard InChI is InChI=1S/C27H35FN10O2/c1-34(2)10-11-35(3)25(39)19-6-7-22(20(28)17-19)37-14-12-36(13-15-37)9-8-30-27-31-24-18-21(23-5-4-16-40-23)33-38(24)26(29)32-27/h4-7,16-18H,8-15H2,1-3H3,(H3,29,30,31,32). The maximum Gasteiger partial charge on any atom is 0.253 e. The number of amides is 1. The number of fused-ring (bicyclic) bond motifs is 1. The van der Waals surface area contributed by atoms with Gasteiger partial charge in [0, 0.05) is 71.0 Å². The first-order valence-electron chi connectivity index (χ1n) is 13.3. The molecule has 0 saturated carbocycles. The Bertz CT molecular complexity index is 1450. The van der Waals surface area contributed by atoms with Crippen LogP contribution < -0.4 is 16.0 Å². The summed E-state index contributed by atoms with van der Waals surface area (Å²) in [6.07, 6.45) is 1.59. The molecule has 1 aliphatic rings. The molecule has 4 aromatic rings. The van der Waals surface area contributed by atoms with Crippen molar-refractivity contribution in [3.8, 4) is 11.5 Å². The Hall–Kier alpha value is -4.23. The molecule has 0 radical (unpaired) electrons. The highest BCUT2D eigenvalue weighted by atomic mass is 19.1. The number of benzene rings is 1. The number of aromatic nitrogens is 4. The van der Waals surface area contributed by atoms with Gasteiger partial charge in [-0.3, -0.25) is 9.69 Å². The number of halogens is 1. The van der Waals surface area contributed by atoms with Crippen molar-refractivity contribution >= 4 is 29.1 Å². The summed E-state index contributed by atoms with van der Waals surface area (Å²) in [5.41, 5.74) is 8.19. The second-order valence-corrected chi connectivity index (χ2v) is 10.1. The summed E-state index contributed by atoms with van der Waals surface area (Å²) in [7, 11) is 5.64. The van der Waals surface area contributed by atoms with E-state index in [0.29, 0.717) is 60.5 Å². The number of nitrogens with two attached hydrogens (primary N) is 1. The quantitative estimate of drug-likeness (QED) is 0.303. The van der Waals surface area contributed by atoms with Gasteiger partial charge >= 0.3 is 0 Å². The Kier molecular flexibility index (Phi) is 8.12. The Morgan fingerprint density at radius 1 is 1.10 bits per heavy atom. The van der Waals surface area contributed by atoms with Crippen LogP contribution in [-0.2, 0) is 0 Å². The molecule has 4 heterocycles. The number of nitrogen functional groups attached to an aromatic ring is 1. The van der Waals surface area contributed by atoms with E-state index in [0.717, 1.165) is 26.2 Å². The van der Waals surface area contributed by atoms with Gasteiger partial charge in [0.1, 0.15) is 11.5 Å². The average Bonchev–Trinajstić information content (AvgIpc) is 3.62. The van der Waals surface area contributed by atoms with Crippen LogP contribution in [0.1, 0.15) is 10.4 Å². The zero-order valence-electron chi connectivity index (χ0n) is 23.0. The Labute approximate surface area is 232 Å². The zero-order valence-corrected chi connectivity index (χ0v) is 23.0. The molecule has 0 atom stereocenters. The third-order valence-corrected chi connectivity index (χ3v) is 6.97. The van der Waals surface area contributed by atoms with Crippen molar-refractivity contribution in [1.29, 1.82) is 0 Å². The molecule has 0 spiro atoms. The number of rotatable bonds is 10. The van der Waals surface area contributed by atoms with Crippen molar-refractivity contribution in [3.63, 3.8) is 0 Å². The number of nitrogens with one attached hydrogen (secondary N) is 1.